The zero-order valence-electron chi connectivity index (χ0n) is 14.7. The number of hydrogen-bond acceptors (Lipinski definition) is 4. The smallest absolute Gasteiger partial charge is 0.257 e. The van der Waals surface area contributed by atoms with Crippen LogP contribution >= 0.6 is 23.8 Å². The molecule has 0 fully saturated rings. The van der Waals surface area contributed by atoms with Crippen molar-refractivity contribution in [1.29, 1.82) is 0 Å². The lowest BCUT2D eigenvalue weighted by Crippen LogP contribution is -2.34. The van der Waals surface area contributed by atoms with Gasteiger partial charge in [0.2, 0.25) is 0 Å². The van der Waals surface area contributed by atoms with Crippen molar-refractivity contribution in [2.75, 3.05) is 25.1 Å². The summed E-state index contributed by atoms with van der Waals surface area (Å²) < 4.78 is 10.7. The molecule has 1 amide bonds. The van der Waals surface area contributed by atoms with Crippen LogP contribution in [0.3, 0.4) is 0 Å². The van der Waals surface area contributed by atoms with Gasteiger partial charge in [0.15, 0.2) is 5.11 Å². The molecule has 0 aliphatic carbocycles. The summed E-state index contributed by atoms with van der Waals surface area (Å²) in [6.07, 6.45) is 0. The number of rotatable bonds is 7. The Bertz CT molecular complexity index is 766. The van der Waals surface area contributed by atoms with E-state index in [4.69, 9.17) is 33.3 Å². The summed E-state index contributed by atoms with van der Waals surface area (Å²) in [5, 5.41) is 6.46. The Morgan fingerprint density at radius 1 is 1.15 bits per heavy atom. The van der Waals surface area contributed by atoms with E-state index >= 15 is 0 Å². The van der Waals surface area contributed by atoms with Gasteiger partial charge >= 0.3 is 0 Å². The SMILES string of the molecule is CCOCCOc1ccc(C(=O)NC(=S)Nc2cccc(Cl)c2C)cc1. The molecule has 0 radical (unpaired) electrons. The lowest BCUT2D eigenvalue weighted by molar-refractivity contribution is 0.0977. The first-order valence-electron chi connectivity index (χ1n) is 8.19. The zero-order chi connectivity index (χ0) is 18.9. The molecule has 2 aromatic rings. The predicted molar refractivity (Wildman–Crippen MR) is 108 cm³/mol. The first-order valence-corrected chi connectivity index (χ1v) is 8.98. The normalized spacial score (nSPS) is 10.3. The first kappa shape index (κ1) is 20.2. The Kier molecular flexibility index (Phi) is 7.84. The van der Waals surface area contributed by atoms with E-state index in [1.54, 1.807) is 30.3 Å². The minimum Gasteiger partial charge on any atom is -0.491 e. The molecule has 0 saturated carbocycles. The number of carbonyl (C=O) groups excluding carboxylic acids is 1. The molecular weight excluding hydrogens is 372 g/mol. The van der Waals surface area contributed by atoms with Gasteiger partial charge in [0.05, 0.1) is 6.61 Å². The van der Waals surface area contributed by atoms with Crippen molar-refractivity contribution in [3.8, 4) is 5.75 Å². The third-order valence-corrected chi connectivity index (χ3v) is 4.17. The van der Waals surface area contributed by atoms with E-state index in [9.17, 15) is 4.79 Å². The van der Waals surface area contributed by atoms with Crippen molar-refractivity contribution in [2.24, 2.45) is 0 Å². The molecule has 0 bridgehead atoms. The highest BCUT2D eigenvalue weighted by molar-refractivity contribution is 7.80. The highest BCUT2D eigenvalue weighted by Crippen LogP contribution is 2.22. The van der Waals surface area contributed by atoms with Crippen LogP contribution in [0.2, 0.25) is 5.02 Å². The Balaban J connectivity index is 1.88. The molecule has 2 aromatic carbocycles. The maximum atomic E-state index is 12.3. The Hall–Kier alpha value is -2.15. The van der Waals surface area contributed by atoms with Gasteiger partial charge < -0.3 is 14.8 Å². The second-order valence-corrected chi connectivity index (χ2v) is 6.21. The van der Waals surface area contributed by atoms with Gasteiger partial charge in [-0.05, 0) is 68.0 Å². The maximum absolute atomic E-state index is 12.3. The number of ether oxygens (including phenoxy) is 2. The summed E-state index contributed by atoms with van der Waals surface area (Å²) in [7, 11) is 0. The van der Waals surface area contributed by atoms with E-state index in [1.165, 1.54) is 0 Å². The Morgan fingerprint density at radius 2 is 1.88 bits per heavy atom. The summed E-state index contributed by atoms with van der Waals surface area (Å²) in [5.41, 5.74) is 2.09. The molecule has 26 heavy (non-hydrogen) atoms. The quantitative estimate of drug-likeness (QED) is 0.546. The standard InChI is InChI=1S/C19H21ClN2O3S/c1-3-24-11-12-25-15-9-7-14(8-10-15)18(23)22-19(26)21-17-6-4-5-16(20)13(17)2/h4-10H,3,11-12H2,1-2H3,(H2,21,22,23,26). The molecule has 0 saturated heterocycles. The second-order valence-electron chi connectivity index (χ2n) is 5.39. The van der Waals surface area contributed by atoms with Crippen LogP contribution in [0.15, 0.2) is 42.5 Å². The lowest BCUT2D eigenvalue weighted by atomic mass is 10.2. The fourth-order valence-corrected chi connectivity index (χ4v) is 2.51. The third-order valence-electron chi connectivity index (χ3n) is 3.56. The number of anilines is 1. The summed E-state index contributed by atoms with van der Waals surface area (Å²) in [6, 6.07) is 12.3. The molecule has 7 heteroatoms. The molecule has 5 nitrogen and oxygen atoms in total. The lowest BCUT2D eigenvalue weighted by Gasteiger charge is -2.12. The number of halogens is 1. The average molecular weight is 393 g/mol. The summed E-state index contributed by atoms with van der Waals surface area (Å²) in [4.78, 5) is 12.3. The largest absolute Gasteiger partial charge is 0.491 e. The van der Waals surface area contributed by atoms with Crippen LogP contribution in [0.25, 0.3) is 0 Å². The fourth-order valence-electron chi connectivity index (χ4n) is 2.14. The van der Waals surface area contributed by atoms with Gasteiger partial charge in [-0.2, -0.15) is 0 Å². The molecular formula is C19H21ClN2O3S. The summed E-state index contributed by atoms with van der Waals surface area (Å²) in [5.74, 6) is 0.375. The molecule has 0 aliphatic heterocycles. The molecule has 0 atom stereocenters. The van der Waals surface area contributed by atoms with E-state index in [1.807, 2.05) is 26.0 Å². The van der Waals surface area contributed by atoms with Crippen LogP contribution in [0.5, 0.6) is 5.75 Å². The second kappa shape index (κ2) is 10.1. The van der Waals surface area contributed by atoms with Gasteiger partial charge in [-0.1, -0.05) is 17.7 Å². The van der Waals surface area contributed by atoms with E-state index in [2.05, 4.69) is 10.6 Å². The number of carbonyl (C=O) groups is 1. The molecule has 0 spiro atoms. The molecule has 138 valence electrons. The highest BCUT2D eigenvalue weighted by atomic mass is 35.5. The molecule has 2 rings (SSSR count). The van der Waals surface area contributed by atoms with Gasteiger partial charge in [-0.15, -0.1) is 0 Å². The number of hydrogen-bond donors (Lipinski definition) is 2. The van der Waals surface area contributed by atoms with E-state index in [0.29, 0.717) is 36.2 Å². The van der Waals surface area contributed by atoms with Crippen LogP contribution in [-0.2, 0) is 4.74 Å². The Labute approximate surface area is 163 Å². The number of benzene rings is 2. The number of amides is 1. The van der Waals surface area contributed by atoms with Crippen molar-refractivity contribution < 1.29 is 14.3 Å². The molecule has 2 N–H and O–H groups in total. The average Bonchev–Trinajstić information content (AvgIpc) is 2.63. The van der Waals surface area contributed by atoms with Crippen molar-refractivity contribution in [1.82, 2.24) is 5.32 Å². The number of nitrogens with one attached hydrogen (secondary N) is 2. The topological polar surface area (TPSA) is 59.6 Å². The van der Waals surface area contributed by atoms with Gasteiger partial charge in [0.25, 0.3) is 5.91 Å². The van der Waals surface area contributed by atoms with Gasteiger partial charge in [0, 0.05) is 22.9 Å². The van der Waals surface area contributed by atoms with Crippen molar-refractivity contribution in [3.05, 3.63) is 58.6 Å². The van der Waals surface area contributed by atoms with Crippen molar-refractivity contribution in [2.45, 2.75) is 13.8 Å². The number of thiocarbonyl (C=S) groups is 1. The van der Waals surface area contributed by atoms with E-state index < -0.39 is 0 Å². The molecule has 0 heterocycles. The van der Waals surface area contributed by atoms with Crippen LogP contribution in [0, 0.1) is 6.92 Å². The zero-order valence-corrected chi connectivity index (χ0v) is 16.2. The maximum Gasteiger partial charge on any atom is 0.257 e. The van der Waals surface area contributed by atoms with Gasteiger partial charge in [-0.25, -0.2) is 0 Å². The monoisotopic (exact) mass is 392 g/mol. The fraction of sp³-hybridized carbons (Fsp3) is 0.263. The molecule has 0 aromatic heterocycles. The minimum absolute atomic E-state index is 0.206. The van der Waals surface area contributed by atoms with Crippen LogP contribution in [0.1, 0.15) is 22.8 Å². The summed E-state index contributed by atoms with van der Waals surface area (Å²) in [6.45, 7) is 5.46. The molecule has 0 aliphatic rings. The van der Waals surface area contributed by atoms with Crippen molar-refractivity contribution in [3.63, 3.8) is 0 Å². The third kappa shape index (κ3) is 5.98. The minimum atomic E-state index is -0.303. The molecule has 0 unspecified atom stereocenters. The Morgan fingerprint density at radius 3 is 2.58 bits per heavy atom. The van der Waals surface area contributed by atoms with E-state index in [0.717, 1.165) is 11.3 Å². The van der Waals surface area contributed by atoms with Crippen LogP contribution < -0.4 is 15.4 Å². The first-order chi connectivity index (χ1) is 12.5. The van der Waals surface area contributed by atoms with Crippen LogP contribution in [-0.4, -0.2) is 30.8 Å². The van der Waals surface area contributed by atoms with Gasteiger partial charge in [-0.3, -0.25) is 10.1 Å². The summed E-state index contributed by atoms with van der Waals surface area (Å²) >= 11 is 11.3. The van der Waals surface area contributed by atoms with Gasteiger partial charge in [0.1, 0.15) is 12.4 Å². The van der Waals surface area contributed by atoms with Crippen molar-refractivity contribution >= 4 is 40.5 Å². The predicted octanol–water partition coefficient (Wildman–Crippen LogP) is 4.19. The van der Waals surface area contributed by atoms with Crippen LogP contribution in [0.4, 0.5) is 5.69 Å². The highest BCUT2D eigenvalue weighted by Gasteiger charge is 2.10. The van der Waals surface area contributed by atoms with E-state index in [-0.39, 0.29) is 11.0 Å².